The molecule has 0 spiro atoms. The number of aryl methyl sites for hydroxylation is 1. The van der Waals surface area contributed by atoms with E-state index in [9.17, 15) is 0 Å². The van der Waals surface area contributed by atoms with Crippen molar-refractivity contribution in [1.29, 1.82) is 0 Å². The smallest absolute Gasteiger partial charge is 0.194 e. The minimum Gasteiger partial charge on any atom is -0.497 e. The minimum atomic E-state index is 0.585. The molecule has 0 bridgehead atoms. The first-order valence-electron chi connectivity index (χ1n) is 11.4. The first-order chi connectivity index (χ1) is 16.1. The van der Waals surface area contributed by atoms with Crippen molar-refractivity contribution in [3.8, 4) is 5.75 Å². The molecule has 0 radical (unpaired) electrons. The van der Waals surface area contributed by atoms with E-state index in [0.717, 1.165) is 54.9 Å². The number of nitrogens with one attached hydrogen (secondary N) is 1. The van der Waals surface area contributed by atoms with E-state index in [-0.39, 0.29) is 0 Å². The fourth-order valence-electron chi connectivity index (χ4n) is 3.86. The van der Waals surface area contributed by atoms with Crippen LogP contribution in [0.3, 0.4) is 0 Å². The van der Waals surface area contributed by atoms with Gasteiger partial charge in [0.2, 0.25) is 0 Å². The largest absolute Gasteiger partial charge is 0.497 e. The van der Waals surface area contributed by atoms with E-state index in [1.807, 2.05) is 30.7 Å². The average molecular weight is 445 g/mol. The van der Waals surface area contributed by atoms with Gasteiger partial charge in [0.25, 0.3) is 0 Å². The van der Waals surface area contributed by atoms with E-state index in [2.05, 4.69) is 69.0 Å². The third-order valence-electron chi connectivity index (χ3n) is 6.03. The molecule has 172 valence electrons. The number of hydrogen-bond donors (Lipinski definition) is 1. The maximum absolute atomic E-state index is 5.27. The Hall–Kier alpha value is -3.61. The molecular formula is C26H32N6O. The van der Waals surface area contributed by atoms with Crippen LogP contribution in [0.5, 0.6) is 5.75 Å². The van der Waals surface area contributed by atoms with Gasteiger partial charge in [-0.1, -0.05) is 54.1 Å². The summed E-state index contributed by atoms with van der Waals surface area (Å²) in [5.41, 5.74) is 3.90. The number of hydrogen-bond acceptors (Lipinski definition) is 4. The van der Waals surface area contributed by atoms with Crippen LogP contribution < -0.4 is 10.1 Å². The number of piperidine rings is 1. The zero-order valence-corrected chi connectivity index (χ0v) is 19.7. The summed E-state index contributed by atoms with van der Waals surface area (Å²) in [7, 11) is 3.67. The summed E-state index contributed by atoms with van der Waals surface area (Å²) in [5, 5.41) is 12.0. The van der Waals surface area contributed by atoms with E-state index in [1.165, 1.54) is 11.1 Å². The second-order valence-corrected chi connectivity index (χ2v) is 8.26. The van der Waals surface area contributed by atoms with E-state index in [0.29, 0.717) is 13.1 Å². The number of nitrogens with zero attached hydrogens (tertiary/aromatic N) is 5. The quantitative estimate of drug-likeness (QED) is 0.461. The number of rotatable bonds is 6. The SMILES string of the molecule is COc1ccc(CN=C(NCc2nnc(C)n2C)N2CCC(=Cc3ccccc3)CC2)cc1. The van der Waals surface area contributed by atoms with Gasteiger partial charge in [-0.2, -0.15) is 0 Å². The molecule has 2 heterocycles. The van der Waals surface area contributed by atoms with E-state index >= 15 is 0 Å². The first-order valence-corrected chi connectivity index (χ1v) is 11.4. The highest BCUT2D eigenvalue weighted by Crippen LogP contribution is 2.20. The van der Waals surface area contributed by atoms with Crippen molar-refractivity contribution in [2.45, 2.75) is 32.9 Å². The van der Waals surface area contributed by atoms with Gasteiger partial charge in [0.15, 0.2) is 11.8 Å². The Morgan fingerprint density at radius 3 is 2.42 bits per heavy atom. The van der Waals surface area contributed by atoms with Crippen molar-refractivity contribution in [3.05, 3.63) is 82.9 Å². The summed E-state index contributed by atoms with van der Waals surface area (Å²) in [5.74, 6) is 3.56. The van der Waals surface area contributed by atoms with Gasteiger partial charge >= 0.3 is 0 Å². The van der Waals surface area contributed by atoms with E-state index < -0.39 is 0 Å². The van der Waals surface area contributed by atoms with Crippen molar-refractivity contribution in [2.24, 2.45) is 12.0 Å². The third kappa shape index (κ3) is 6.00. The van der Waals surface area contributed by atoms with Crippen LogP contribution >= 0.6 is 0 Å². The fourth-order valence-corrected chi connectivity index (χ4v) is 3.86. The first kappa shape index (κ1) is 22.6. The molecule has 1 N–H and O–H groups in total. The van der Waals surface area contributed by atoms with Crippen molar-refractivity contribution in [2.75, 3.05) is 20.2 Å². The van der Waals surface area contributed by atoms with Gasteiger partial charge in [0.1, 0.15) is 11.6 Å². The highest BCUT2D eigenvalue weighted by Gasteiger charge is 2.18. The lowest BCUT2D eigenvalue weighted by Crippen LogP contribution is -2.44. The van der Waals surface area contributed by atoms with Gasteiger partial charge in [-0.3, -0.25) is 0 Å². The van der Waals surface area contributed by atoms with Gasteiger partial charge in [-0.05, 0) is 43.0 Å². The number of benzene rings is 2. The summed E-state index contributed by atoms with van der Waals surface area (Å²) in [4.78, 5) is 7.29. The summed E-state index contributed by atoms with van der Waals surface area (Å²) in [6.07, 6.45) is 4.38. The van der Waals surface area contributed by atoms with Crippen LogP contribution in [0.25, 0.3) is 6.08 Å². The van der Waals surface area contributed by atoms with Gasteiger partial charge < -0.3 is 19.5 Å². The van der Waals surface area contributed by atoms with Crippen LogP contribution in [0, 0.1) is 6.92 Å². The van der Waals surface area contributed by atoms with Crippen molar-refractivity contribution >= 4 is 12.0 Å². The van der Waals surface area contributed by atoms with E-state index in [1.54, 1.807) is 7.11 Å². The average Bonchev–Trinajstić information content (AvgIpc) is 3.18. The Balaban J connectivity index is 1.45. The fraction of sp³-hybridized carbons (Fsp3) is 0.346. The highest BCUT2D eigenvalue weighted by molar-refractivity contribution is 5.80. The van der Waals surface area contributed by atoms with Gasteiger partial charge in [0, 0.05) is 20.1 Å². The molecule has 1 saturated heterocycles. The van der Waals surface area contributed by atoms with Crippen molar-refractivity contribution < 1.29 is 4.74 Å². The van der Waals surface area contributed by atoms with Gasteiger partial charge in [-0.15, -0.1) is 10.2 Å². The molecule has 0 saturated carbocycles. The second kappa shape index (κ2) is 10.8. The third-order valence-corrected chi connectivity index (χ3v) is 6.03. The van der Waals surface area contributed by atoms with Gasteiger partial charge in [-0.25, -0.2) is 4.99 Å². The molecule has 3 aromatic rings. The molecule has 7 heteroatoms. The summed E-state index contributed by atoms with van der Waals surface area (Å²) in [6, 6.07) is 18.6. The zero-order valence-electron chi connectivity index (χ0n) is 19.7. The van der Waals surface area contributed by atoms with Crippen molar-refractivity contribution in [3.63, 3.8) is 0 Å². The summed E-state index contributed by atoms with van der Waals surface area (Å²) >= 11 is 0. The molecule has 1 aliphatic heterocycles. The Bertz CT molecular complexity index is 1090. The Kier molecular flexibility index (Phi) is 7.40. The van der Waals surface area contributed by atoms with Crippen LogP contribution in [0.2, 0.25) is 0 Å². The van der Waals surface area contributed by atoms with Gasteiger partial charge in [0.05, 0.1) is 20.2 Å². The lowest BCUT2D eigenvalue weighted by molar-refractivity contribution is 0.373. The van der Waals surface area contributed by atoms with Crippen molar-refractivity contribution in [1.82, 2.24) is 25.0 Å². The number of aliphatic imine (C=N–C) groups is 1. The number of aromatic nitrogens is 3. The number of guanidine groups is 1. The molecule has 0 amide bonds. The van der Waals surface area contributed by atoms with E-state index in [4.69, 9.17) is 9.73 Å². The monoisotopic (exact) mass is 444 g/mol. The molecule has 0 unspecified atom stereocenters. The lowest BCUT2D eigenvalue weighted by Gasteiger charge is -2.31. The molecule has 0 aliphatic carbocycles. The Morgan fingerprint density at radius 1 is 1.06 bits per heavy atom. The van der Waals surface area contributed by atoms with Crippen LogP contribution in [0.4, 0.5) is 0 Å². The Morgan fingerprint density at radius 2 is 1.79 bits per heavy atom. The molecule has 0 atom stereocenters. The lowest BCUT2D eigenvalue weighted by atomic mass is 10.0. The number of likely N-dealkylation sites (tertiary alicyclic amines) is 1. The molecule has 33 heavy (non-hydrogen) atoms. The summed E-state index contributed by atoms with van der Waals surface area (Å²) < 4.78 is 7.27. The zero-order chi connectivity index (χ0) is 23.0. The molecule has 1 aliphatic rings. The highest BCUT2D eigenvalue weighted by atomic mass is 16.5. The maximum atomic E-state index is 5.27. The predicted octanol–water partition coefficient (Wildman–Crippen LogP) is 3.96. The standard InChI is InChI=1S/C26H32N6O/c1-20-29-30-25(31(20)2)19-28-26(27-18-23-9-11-24(33-3)12-10-23)32-15-13-22(14-16-32)17-21-7-5-4-6-8-21/h4-12,17H,13-16,18-19H2,1-3H3,(H,27,28). The normalized spacial score (nSPS) is 14.3. The summed E-state index contributed by atoms with van der Waals surface area (Å²) in [6.45, 7) is 5.02. The van der Waals surface area contributed by atoms with Crippen LogP contribution in [0.1, 0.15) is 35.6 Å². The molecule has 1 fully saturated rings. The molecule has 1 aromatic heterocycles. The van der Waals surface area contributed by atoms with Crippen LogP contribution in [-0.4, -0.2) is 45.8 Å². The topological polar surface area (TPSA) is 67.6 Å². The molecule has 7 nitrogen and oxygen atoms in total. The number of ether oxygens (including phenoxy) is 1. The number of methoxy groups -OCH3 is 1. The molecular weight excluding hydrogens is 412 g/mol. The molecule has 2 aromatic carbocycles. The predicted molar refractivity (Wildman–Crippen MR) is 132 cm³/mol. The molecule has 4 rings (SSSR count). The van der Waals surface area contributed by atoms with Crippen LogP contribution in [-0.2, 0) is 20.1 Å². The maximum Gasteiger partial charge on any atom is 0.194 e. The Labute approximate surface area is 195 Å². The second-order valence-electron chi connectivity index (χ2n) is 8.26. The minimum absolute atomic E-state index is 0.585. The van der Waals surface area contributed by atoms with Crippen LogP contribution in [0.15, 0.2) is 65.2 Å².